The minimum atomic E-state index is -0.743. The van der Waals surface area contributed by atoms with E-state index in [4.69, 9.17) is 5.73 Å². The quantitative estimate of drug-likeness (QED) is 0.775. The van der Waals surface area contributed by atoms with Gasteiger partial charge in [0.15, 0.2) is 0 Å². The summed E-state index contributed by atoms with van der Waals surface area (Å²) in [6.45, 7) is 4.87. The van der Waals surface area contributed by atoms with Gasteiger partial charge >= 0.3 is 0 Å². The number of aryl methyl sites for hydroxylation is 1. The molecule has 0 aromatic heterocycles. The van der Waals surface area contributed by atoms with Gasteiger partial charge in [0, 0.05) is 40.2 Å². The predicted octanol–water partition coefficient (Wildman–Crippen LogP) is 2.15. The molecule has 2 unspecified atom stereocenters. The minimum Gasteiger partial charge on any atom is -0.399 e. The van der Waals surface area contributed by atoms with Crippen molar-refractivity contribution in [3.8, 4) is 0 Å². The third-order valence-corrected chi connectivity index (χ3v) is 4.06. The SMILES string of the molecule is Cc1ccc(N)cc1NCCC(C)S(C)=O. The molecule has 0 heterocycles. The topological polar surface area (TPSA) is 55.1 Å². The first-order valence-electron chi connectivity index (χ1n) is 5.43. The van der Waals surface area contributed by atoms with Crippen LogP contribution in [0.25, 0.3) is 0 Å². The molecule has 4 heteroatoms. The second-order valence-corrected chi connectivity index (χ2v) is 5.90. The molecule has 0 aliphatic rings. The third kappa shape index (κ3) is 3.85. The lowest BCUT2D eigenvalue weighted by molar-refractivity contribution is 0.672. The number of benzene rings is 1. The van der Waals surface area contributed by atoms with Crippen molar-refractivity contribution < 1.29 is 4.21 Å². The standard InChI is InChI=1S/C12H20N2OS/c1-9-4-5-11(13)8-12(9)14-7-6-10(2)16(3)15/h4-5,8,10,14H,6-7,13H2,1-3H3. The first kappa shape index (κ1) is 13.0. The monoisotopic (exact) mass is 240 g/mol. The van der Waals surface area contributed by atoms with E-state index in [0.717, 1.165) is 24.3 Å². The zero-order valence-electron chi connectivity index (χ0n) is 10.1. The summed E-state index contributed by atoms with van der Waals surface area (Å²) < 4.78 is 11.2. The number of hydrogen-bond donors (Lipinski definition) is 2. The van der Waals surface area contributed by atoms with Gasteiger partial charge in [-0.25, -0.2) is 0 Å². The number of hydrogen-bond acceptors (Lipinski definition) is 3. The average molecular weight is 240 g/mol. The van der Waals surface area contributed by atoms with Crippen molar-refractivity contribution in [2.24, 2.45) is 0 Å². The van der Waals surface area contributed by atoms with Gasteiger partial charge in [-0.1, -0.05) is 13.0 Å². The van der Waals surface area contributed by atoms with Crippen LogP contribution in [-0.4, -0.2) is 22.3 Å². The zero-order valence-corrected chi connectivity index (χ0v) is 10.9. The molecular weight excluding hydrogens is 220 g/mol. The van der Waals surface area contributed by atoms with E-state index >= 15 is 0 Å². The largest absolute Gasteiger partial charge is 0.399 e. The molecule has 3 nitrogen and oxygen atoms in total. The van der Waals surface area contributed by atoms with Crippen LogP contribution in [0.1, 0.15) is 18.9 Å². The van der Waals surface area contributed by atoms with E-state index in [1.54, 1.807) is 6.26 Å². The van der Waals surface area contributed by atoms with Crippen LogP contribution in [0.4, 0.5) is 11.4 Å². The number of rotatable bonds is 5. The highest BCUT2D eigenvalue weighted by Gasteiger charge is 2.05. The van der Waals surface area contributed by atoms with Crippen LogP contribution in [0.5, 0.6) is 0 Å². The molecule has 1 rings (SSSR count). The maximum absolute atomic E-state index is 11.2. The fraction of sp³-hybridized carbons (Fsp3) is 0.500. The first-order chi connectivity index (χ1) is 7.50. The maximum atomic E-state index is 11.2. The lowest BCUT2D eigenvalue weighted by Gasteiger charge is -2.12. The second-order valence-electron chi connectivity index (χ2n) is 4.10. The first-order valence-corrected chi connectivity index (χ1v) is 7.05. The molecule has 0 aliphatic heterocycles. The van der Waals surface area contributed by atoms with E-state index in [2.05, 4.69) is 5.32 Å². The molecule has 0 saturated carbocycles. The molecule has 90 valence electrons. The van der Waals surface area contributed by atoms with Crippen LogP contribution >= 0.6 is 0 Å². The van der Waals surface area contributed by atoms with E-state index in [1.807, 2.05) is 32.0 Å². The second kappa shape index (κ2) is 5.89. The van der Waals surface area contributed by atoms with Gasteiger partial charge in [0.05, 0.1) is 0 Å². The Balaban J connectivity index is 2.48. The van der Waals surface area contributed by atoms with Gasteiger partial charge in [-0.3, -0.25) is 4.21 Å². The molecule has 0 radical (unpaired) electrons. The minimum absolute atomic E-state index is 0.230. The Bertz CT molecular complexity index is 379. The third-order valence-electron chi connectivity index (χ3n) is 2.69. The summed E-state index contributed by atoms with van der Waals surface area (Å²) in [5.41, 5.74) is 8.73. The van der Waals surface area contributed by atoms with Crippen molar-refractivity contribution >= 4 is 22.2 Å². The van der Waals surface area contributed by atoms with Crippen LogP contribution < -0.4 is 11.1 Å². The van der Waals surface area contributed by atoms with Crippen LogP contribution in [0.3, 0.4) is 0 Å². The number of nitrogens with two attached hydrogens (primary N) is 1. The van der Waals surface area contributed by atoms with Crippen LogP contribution in [-0.2, 0) is 10.8 Å². The van der Waals surface area contributed by atoms with Crippen molar-refractivity contribution in [1.29, 1.82) is 0 Å². The van der Waals surface area contributed by atoms with Crippen molar-refractivity contribution in [2.45, 2.75) is 25.5 Å². The Labute approximate surface area is 99.9 Å². The zero-order chi connectivity index (χ0) is 12.1. The van der Waals surface area contributed by atoms with Gasteiger partial charge in [0.25, 0.3) is 0 Å². The molecule has 0 aliphatic carbocycles. The van der Waals surface area contributed by atoms with Gasteiger partial charge < -0.3 is 11.1 Å². The summed E-state index contributed by atoms with van der Waals surface area (Å²) in [7, 11) is -0.743. The Morgan fingerprint density at radius 3 is 2.81 bits per heavy atom. The molecule has 0 saturated heterocycles. The van der Waals surface area contributed by atoms with Gasteiger partial charge in [-0.15, -0.1) is 0 Å². The Morgan fingerprint density at radius 1 is 1.50 bits per heavy atom. The van der Waals surface area contributed by atoms with Crippen molar-refractivity contribution in [2.75, 3.05) is 23.9 Å². The Kier molecular flexibility index (Phi) is 4.80. The molecule has 0 fully saturated rings. The van der Waals surface area contributed by atoms with Crippen molar-refractivity contribution in [1.82, 2.24) is 0 Å². The molecule has 0 bridgehead atoms. The van der Waals surface area contributed by atoms with E-state index in [1.165, 1.54) is 5.56 Å². The van der Waals surface area contributed by atoms with Gasteiger partial charge in [-0.2, -0.15) is 0 Å². The normalized spacial score (nSPS) is 14.4. The molecule has 1 aromatic carbocycles. The summed E-state index contributed by atoms with van der Waals surface area (Å²) in [4.78, 5) is 0. The highest BCUT2D eigenvalue weighted by Crippen LogP contribution is 2.18. The molecule has 0 amide bonds. The Morgan fingerprint density at radius 2 is 2.19 bits per heavy atom. The van der Waals surface area contributed by atoms with E-state index in [-0.39, 0.29) is 5.25 Å². The molecule has 3 N–H and O–H groups in total. The predicted molar refractivity (Wildman–Crippen MR) is 72.2 cm³/mol. The smallest absolute Gasteiger partial charge is 0.0390 e. The Hall–Kier alpha value is -1.03. The highest BCUT2D eigenvalue weighted by molar-refractivity contribution is 7.84. The van der Waals surface area contributed by atoms with Gasteiger partial charge in [0.1, 0.15) is 0 Å². The van der Waals surface area contributed by atoms with E-state index in [9.17, 15) is 4.21 Å². The number of nitrogens with one attached hydrogen (secondary N) is 1. The number of anilines is 2. The lowest BCUT2D eigenvalue weighted by atomic mass is 10.2. The number of nitrogen functional groups attached to an aromatic ring is 1. The van der Waals surface area contributed by atoms with Crippen LogP contribution in [0.2, 0.25) is 0 Å². The summed E-state index contributed by atoms with van der Waals surface area (Å²) in [5.74, 6) is 0. The van der Waals surface area contributed by atoms with Gasteiger partial charge in [0.2, 0.25) is 0 Å². The van der Waals surface area contributed by atoms with Gasteiger partial charge in [-0.05, 0) is 31.0 Å². The molecule has 16 heavy (non-hydrogen) atoms. The lowest BCUT2D eigenvalue weighted by Crippen LogP contribution is -2.15. The summed E-state index contributed by atoms with van der Waals surface area (Å²) >= 11 is 0. The summed E-state index contributed by atoms with van der Waals surface area (Å²) in [5, 5.41) is 3.56. The molecule has 2 atom stereocenters. The molecule has 0 spiro atoms. The van der Waals surface area contributed by atoms with Crippen molar-refractivity contribution in [3.63, 3.8) is 0 Å². The fourth-order valence-corrected chi connectivity index (χ4v) is 1.86. The summed E-state index contributed by atoms with van der Waals surface area (Å²) in [6, 6.07) is 5.83. The van der Waals surface area contributed by atoms with E-state index in [0.29, 0.717) is 0 Å². The molecular formula is C12H20N2OS. The van der Waals surface area contributed by atoms with E-state index < -0.39 is 10.8 Å². The van der Waals surface area contributed by atoms with Crippen LogP contribution in [0, 0.1) is 6.92 Å². The average Bonchev–Trinajstić information content (AvgIpc) is 2.22. The highest BCUT2D eigenvalue weighted by atomic mass is 32.2. The fourth-order valence-electron chi connectivity index (χ4n) is 1.41. The summed E-state index contributed by atoms with van der Waals surface area (Å²) in [6.07, 6.45) is 2.65. The van der Waals surface area contributed by atoms with Crippen molar-refractivity contribution in [3.05, 3.63) is 23.8 Å². The maximum Gasteiger partial charge on any atom is 0.0390 e. The molecule has 1 aromatic rings. The van der Waals surface area contributed by atoms with Crippen LogP contribution in [0.15, 0.2) is 18.2 Å².